The van der Waals surface area contributed by atoms with Gasteiger partial charge in [0, 0.05) is 16.2 Å². The Hall–Kier alpha value is -8.00. The largest absolute Gasteiger partial charge is 0.456 e. The molecule has 12 aromatic carbocycles. The number of furan rings is 1. The van der Waals surface area contributed by atoms with Crippen molar-refractivity contribution in [2.75, 3.05) is 0 Å². The number of hydrogen-bond donors (Lipinski definition) is 0. The van der Waals surface area contributed by atoms with Crippen molar-refractivity contribution in [3.05, 3.63) is 217 Å². The third-order valence-corrected chi connectivity index (χ3v) is 14.6. The van der Waals surface area contributed by atoms with Crippen molar-refractivity contribution in [2.45, 2.75) is 19.3 Å². The Kier molecular flexibility index (Phi) is 7.24. The molecule has 0 amide bonds. The van der Waals surface area contributed by atoms with Crippen LogP contribution in [-0.4, -0.2) is 0 Å². The molecular weight excluding hydrogens is 773 g/mol. The van der Waals surface area contributed by atoms with Gasteiger partial charge < -0.3 is 4.42 Å². The molecule has 1 heteroatoms. The van der Waals surface area contributed by atoms with Crippen LogP contribution in [0.2, 0.25) is 0 Å². The second-order valence-corrected chi connectivity index (χ2v) is 18.4. The van der Waals surface area contributed by atoms with E-state index in [4.69, 9.17) is 4.42 Å². The van der Waals surface area contributed by atoms with E-state index in [1.54, 1.807) is 0 Å². The highest BCUT2D eigenvalue weighted by molar-refractivity contribution is 6.26. The lowest BCUT2D eigenvalue weighted by molar-refractivity contribution is 0.661. The standard InChI is InChI=1S/C63H40O/c1-63(2)57-27-23-41(33-53(57)54-32-39-14-5-6-15-40(39)36-58(54)63)42-24-28-59-55(34-42)56-35-44(25-29-60(56)64-59)61-48-16-7-9-18-50(48)62(51-19-10-8-17-49(51)61)47-21-11-20-45-46(47)26-22-43-30-37-12-3-4-13-38(37)31-52(43)45/h3-36H,1-2H3. The molecule has 13 aromatic rings. The first-order valence-electron chi connectivity index (χ1n) is 22.4. The zero-order chi connectivity index (χ0) is 42.3. The molecule has 298 valence electrons. The molecule has 0 N–H and O–H groups in total. The fraction of sp³-hybridized carbons (Fsp3) is 0.0476. The molecular formula is C63H40O. The van der Waals surface area contributed by atoms with Crippen molar-refractivity contribution < 1.29 is 4.42 Å². The van der Waals surface area contributed by atoms with Crippen molar-refractivity contribution >= 4 is 86.6 Å². The summed E-state index contributed by atoms with van der Waals surface area (Å²) in [6.07, 6.45) is 0. The number of rotatable bonds is 3. The lowest BCUT2D eigenvalue weighted by Gasteiger charge is -2.22. The first kappa shape index (κ1) is 35.6. The van der Waals surface area contributed by atoms with Gasteiger partial charge in [-0.15, -0.1) is 0 Å². The molecule has 0 unspecified atom stereocenters. The molecule has 1 nitrogen and oxygen atoms in total. The second kappa shape index (κ2) is 13.0. The molecule has 1 heterocycles. The normalized spacial score (nSPS) is 13.3. The first-order valence-corrected chi connectivity index (χ1v) is 22.4. The molecule has 0 radical (unpaired) electrons. The van der Waals surface area contributed by atoms with Gasteiger partial charge in [0.25, 0.3) is 0 Å². The maximum absolute atomic E-state index is 6.57. The molecule has 64 heavy (non-hydrogen) atoms. The molecule has 0 fully saturated rings. The van der Waals surface area contributed by atoms with Gasteiger partial charge in [-0.25, -0.2) is 0 Å². The number of fused-ring (bicyclic) bond motifs is 13. The lowest BCUT2D eigenvalue weighted by Crippen LogP contribution is -2.14. The third-order valence-electron chi connectivity index (χ3n) is 14.6. The van der Waals surface area contributed by atoms with Crippen LogP contribution in [0, 0.1) is 0 Å². The summed E-state index contributed by atoms with van der Waals surface area (Å²) in [7, 11) is 0. The molecule has 0 aliphatic heterocycles. The summed E-state index contributed by atoms with van der Waals surface area (Å²) in [4.78, 5) is 0. The van der Waals surface area contributed by atoms with Crippen molar-refractivity contribution in [1.82, 2.24) is 0 Å². The quantitative estimate of drug-likeness (QED) is 0.128. The second-order valence-electron chi connectivity index (χ2n) is 18.4. The van der Waals surface area contributed by atoms with E-state index in [1.807, 2.05) is 0 Å². The van der Waals surface area contributed by atoms with Gasteiger partial charge in [0.1, 0.15) is 11.2 Å². The molecule has 0 saturated heterocycles. The zero-order valence-electron chi connectivity index (χ0n) is 35.5. The van der Waals surface area contributed by atoms with Crippen LogP contribution in [0.15, 0.2) is 211 Å². The Morgan fingerprint density at radius 2 is 0.812 bits per heavy atom. The van der Waals surface area contributed by atoms with E-state index in [2.05, 4.69) is 220 Å². The van der Waals surface area contributed by atoms with Crippen LogP contribution in [-0.2, 0) is 5.41 Å². The minimum Gasteiger partial charge on any atom is -0.456 e. The molecule has 1 aliphatic rings. The fourth-order valence-electron chi connectivity index (χ4n) is 11.5. The molecule has 1 aromatic heterocycles. The average Bonchev–Trinajstić information content (AvgIpc) is 3.81. The highest BCUT2D eigenvalue weighted by atomic mass is 16.3. The van der Waals surface area contributed by atoms with Gasteiger partial charge in [0.2, 0.25) is 0 Å². The van der Waals surface area contributed by atoms with Gasteiger partial charge in [0.15, 0.2) is 0 Å². The summed E-state index contributed by atoms with van der Waals surface area (Å²) < 4.78 is 6.57. The van der Waals surface area contributed by atoms with E-state index in [0.29, 0.717) is 0 Å². The third kappa shape index (κ3) is 5.01. The molecule has 0 bridgehead atoms. The Labute approximate surface area is 370 Å². The van der Waals surface area contributed by atoms with E-state index in [0.717, 1.165) is 21.9 Å². The molecule has 0 atom stereocenters. The van der Waals surface area contributed by atoms with Crippen LogP contribution in [0.4, 0.5) is 0 Å². The Morgan fingerprint density at radius 1 is 0.281 bits per heavy atom. The van der Waals surface area contributed by atoms with Crippen LogP contribution >= 0.6 is 0 Å². The predicted octanol–water partition coefficient (Wildman–Crippen LogP) is 17.8. The summed E-state index contributed by atoms with van der Waals surface area (Å²) in [5.74, 6) is 0. The molecule has 0 spiro atoms. The van der Waals surface area contributed by atoms with Crippen molar-refractivity contribution in [3.63, 3.8) is 0 Å². The van der Waals surface area contributed by atoms with Crippen molar-refractivity contribution in [1.29, 1.82) is 0 Å². The van der Waals surface area contributed by atoms with E-state index in [1.165, 1.54) is 120 Å². The molecule has 1 aliphatic carbocycles. The molecule has 0 saturated carbocycles. The summed E-state index contributed by atoms with van der Waals surface area (Å²) in [6, 6.07) is 76.9. The van der Waals surface area contributed by atoms with Gasteiger partial charge in [-0.1, -0.05) is 166 Å². The van der Waals surface area contributed by atoms with Gasteiger partial charge in [-0.3, -0.25) is 0 Å². The van der Waals surface area contributed by atoms with Gasteiger partial charge in [0.05, 0.1) is 0 Å². The minimum absolute atomic E-state index is 0.0691. The summed E-state index contributed by atoms with van der Waals surface area (Å²) in [5, 5.41) is 17.4. The maximum atomic E-state index is 6.57. The summed E-state index contributed by atoms with van der Waals surface area (Å²) >= 11 is 0. The Morgan fingerprint density at radius 3 is 1.52 bits per heavy atom. The van der Waals surface area contributed by atoms with E-state index >= 15 is 0 Å². The fourth-order valence-corrected chi connectivity index (χ4v) is 11.5. The SMILES string of the molecule is CC1(C)c2ccc(-c3ccc4oc5ccc(-c6c7ccccc7c(-c7cccc8c7ccc7cc9ccccc9cc78)c7ccccc67)cc5c4c3)cc2-c2cc3ccccc3cc21. The monoisotopic (exact) mass is 812 g/mol. The maximum Gasteiger partial charge on any atom is 0.135 e. The van der Waals surface area contributed by atoms with Crippen molar-refractivity contribution in [3.8, 4) is 44.5 Å². The van der Waals surface area contributed by atoms with Crippen LogP contribution < -0.4 is 0 Å². The predicted molar refractivity (Wildman–Crippen MR) is 273 cm³/mol. The summed E-state index contributed by atoms with van der Waals surface area (Å²) in [5.41, 5.74) is 14.5. The van der Waals surface area contributed by atoms with Crippen molar-refractivity contribution in [2.24, 2.45) is 0 Å². The van der Waals surface area contributed by atoms with Crippen LogP contribution in [0.5, 0.6) is 0 Å². The van der Waals surface area contributed by atoms with Crippen LogP contribution in [0.1, 0.15) is 25.0 Å². The number of benzene rings is 12. The average molecular weight is 813 g/mol. The van der Waals surface area contributed by atoms with Gasteiger partial charge in [-0.2, -0.15) is 0 Å². The topological polar surface area (TPSA) is 13.1 Å². The van der Waals surface area contributed by atoms with Crippen LogP contribution in [0.25, 0.3) is 131 Å². The smallest absolute Gasteiger partial charge is 0.135 e. The Balaban J connectivity index is 0.940. The minimum atomic E-state index is -0.0691. The van der Waals surface area contributed by atoms with Crippen LogP contribution in [0.3, 0.4) is 0 Å². The van der Waals surface area contributed by atoms with E-state index < -0.39 is 0 Å². The lowest BCUT2D eigenvalue weighted by atomic mass is 9.81. The van der Waals surface area contributed by atoms with E-state index in [-0.39, 0.29) is 5.41 Å². The highest BCUT2D eigenvalue weighted by Gasteiger charge is 2.36. The molecule has 14 rings (SSSR count). The van der Waals surface area contributed by atoms with E-state index in [9.17, 15) is 0 Å². The summed E-state index contributed by atoms with van der Waals surface area (Å²) in [6.45, 7) is 4.72. The first-order chi connectivity index (χ1) is 31.5. The zero-order valence-corrected chi connectivity index (χ0v) is 35.5. The van der Waals surface area contributed by atoms with Gasteiger partial charge in [-0.05, 0) is 175 Å². The number of hydrogen-bond acceptors (Lipinski definition) is 1. The van der Waals surface area contributed by atoms with Gasteiger partial charge >= 0.3 is 0 Å². The Bertz CT molecular complexity index is 4100. The highest BCUT2D eigenvalue weighted by Crippen LogP contribution is 2.52.